The summed E-state index contributed by atoms with van der Waals surface area (Å²) in [4.78, 5) is 20.4. The van der Waals surface area contributed by atoms with Gasteiger partial charge < -0.3 is 43.5 Å². The minimum atomic E-state index is -1.40. The van der Waals surface area contributed by atoms with Crippen LogP contribution >= 0.6 is 0 Å². The van der Waals surface area contributed by atoms with Gasteiger partial charge in [-0.1, -0.05) is 5.16 Å². The number of oxime groups is 1. The van der Waals surface area contributed by atoms with Crippen molar-refractivity contribution in [3.8, 4) is 11.5 Å². The summed E-state index contributed by atoms with van der Waals surface area (Å²) in [7, 11) is 1.42. The van der Waals surface area contributed by atoms with Gasteiger partial charge in [0.05, 0.1) is 29.9 Å². The van der Waals surface area contributed by atoms with E-state index in [1.807, 2.05) is 0 Å². The molecular formula is C26H36N2O10. The Hall–Kier alpha value is -2.74. The molecule has 0 saturated carbocycles. The van der Waals surface area contributed by atoms with Crippen LogP contribution in [0.1, 0.15) is 31.9 Å². The van der Waals surface area contributed by atoms with Crippen molar-refractivity contribution in [1.29, 1.82) is 0 Å². The number of aliphatic hydroxyl groups excluding tert-OH is 2. The first kappa shape index (κ1) is 28.3. The van der Waals surface area contributed by atoms with Gasteiger partial charge in [-0.3, -0.25) is 4.90 Å². The topological polar surface area (TPSA) is 153 Å². The molecule has 2 aromatic rings. The average molecular weight is 537 g/mol. The molecule has 1 aromatic carbocycles. The minimum absolute atomic E-state index is 0.0987. The second kappa shape index (κ2) is 11.6. The van der Waals surface area contributed by atoms with E-state index in [1.54, 1.807) is 33.8 Å². The minimum Gasteiger partial charge on any atom is -0.506 e. The molecule has 2 saturated heterocycles. The predicted molar refractivity (Wildman–Crippen MR) is 137 cm³/mol. The van der Waals surface area contributed by atoms with Crippen molar-refractivity contribution in [3.05, 3.63) is 33.7 Å². The highest BCUT2D eigenvalue weighted by molar-refractivity contribution is 6.04. The highest BCUT2D eigenvalue weighted by Crippen LogP contribution is 2.37. The van der Waals surface area contributed by atoms with Crippen LogP contribution < -0.4 is 10.4 Å². The highest BCUT2D eigenvalue weighted by Gasteiger charge is 2.50. The standard InChI is InChI=1S/C26H36N2O10/c1-14-17(36-25-21(31)20(30)23(33-5)26(3,4)38-25)7-6-16-19(29)18(24(32)37-22(14)16)15(2)27-35-13-10-28-8-11-34-12-9-28/h6-7,20-21,23,25,29-31H,8-13H2,1-5H3/b27-15+/t20-,21+,23+,25+/m0/s1. The van der Waals surface area contributed by atoms with Crippen LogP contribution in [0.3, 0.4) is 0 Å². The van der Waals surface area contributed by atoms with E-state index in [0.717, 1.165) is 13.1 Å². The van der Waals surface area contributed by atoms with Crippen molar-refractivity contribution in [2.45, 2.75) is 57.9 Å². The van der Waals surface area contributed by atoms with Gasteiger partial charge in [0.2, 0.25) is 6.29 Å². The van der Waals surface area contributed by atoms with E-state index in [4.69, 9.17) is 28.2 Å². The van der Waals surface area contributed by atoms with Crippen molar-refractivity contribution >= 4 is 16.7 Å². The van der Waals surface area contributed by atoms with Gasteiger partial charge in [0.1, 0.15) is 47.6 Å². The van der Waals surface area contributed by atoms with Crippen LogP contribution in [-0.2, 0) is 19.0 Å². The molecule has 0 amide bonds. The molecule has 12 nitrogen and oxygen atoms in total. The maximum absolute atomic E-state index is 12.8. The first-order valence-corrected chi connectivity index (χ1v) is 12.5. The molecule has 3 heterocycles. The molecule has 4 atom stereocenters. The number of hydrogen-bond donors (Lipinski definition) is 3. The molecule has 0 aliphatic carbocycles. The maximum atomic E-state index is 12.8. The van der Waals surface area contributed by atoms with Gasteiger partial charge in [-0.25, -0.2) is 4.79 Å². The lowest BCUT2D eigenvalue weighted by atomic mass is 9.89. The van der Waals surface area contributed by atoms with Crippen LogP contribution in [0.5, 0.6) is 11.5 Å². The molecule has 2 aliphatic rings. The van der Waals surface area contributed by atoms with Crippen LogP contribution in [0.25, 0.3) is 11.0 Å². The van der Waals surface area contributed by atoms with Crippen molar-refractivity contribution in [3.63, 3.8) is 0 Å². The third-order valence-electron chi connectivity index (χ3n) is 6.95. The fourth-order valence-corrected chi connectivity index (χ4v) is 4.83. The van der Waals surface area contributed by atoms with E-state index in [2.05, 4.69) is 10.1 Å². The van der Waals surface area contributed by atoms with Gasteiger partial charge in [-0.15, -0.1) is 0 Å². The average Bonchev–Trinajstić information content (AvgIpc) is 2.87. The fraction of sp³-hybridized carbons (Fsp3) is 0.615. The number of rotatable bonds is 8. The number of aliphatic hydroxyl groups is 2. The lowest BCUT2D eigenvalue weighted by Gasteiger charge is -2.46. The molecule has 2 aliphatic heterocycles. The van der Waals surface area contributed by atoms with Crippen molar-refractivity contribution < 1.29 is 43.5 Å². The summed E-state index contributed by atoms with van der Waals surface area (Å²) in [6.45, 7) is 10.6. The second-order valence-corrected chi connectivity index (χ2v) is 9.99. The van der Waals surface area contributed by atoms with E-state index < -0.39 is 35.8 Å². The number of fused-ring (bicyclic) bond motifs is 1. The Morgan fingerprint density at radius 2 is 1.92 bits per heavy atom. The number of nitrogens with zero attached hydrogens (tertiary/aromatic N) is 2. The second-order valence-electron chi connectivity index (χ2n) is 9.99. The van der Waals surface area contributed by atoms with Crippen LogP contribution in [0.4, 0.5) is 0 Å². The van der Waals surface area contributed by atoms with Gasteiger partial charge in [0.25, 0.3) is 0 Å². The van der Waals surface area contributed by atoms with Gasteiger partial charge in [-0.05, 0) is 39.8 Å². The summed E-state index contributed by atoms with van der Waals surface area (Å²) in [5.74, 6) is -0.0510. The van der Waals surface area contributed by atoms with E-state index in [9.17, 15) is 20.1 Å². The molecule has 2 fully saturated rings. The van der Waals surface area contributed by atoms with E-state index >= 15 is 0 Å². The normalized spacial score (nSPS) is 26.4. The van der Waals surface area contributed by atoms with Gasteiger partial charge in [0, 0.05) is 32.3 Å². The van der Waals surface area contributed by atoms with Crippen molar-refractivity contribution in [2.24, 2.45) is 5.16 Å². The smallest absolute Gasteiger partial charge is 0.349 e. The number of hydrogen-bond acceptors (Lipinski definition) is 12. The molecular weight excluding hydrogens is 500 g/mol. The number of aromatic hydroxyl groups is 1. The third kappa shape index (κ3) is 5.65. The SMILES string of the molecule is CO[C@@H]1[C@@H](O)[C@@H](O)[C@H](Oc2ccc3c(O)c(/C(C)=N/OCCN4CCOCC4)c(=O)oc3c2C)OC1(C)C. The lowest BCUT2D eigenvalue weighted by Crippen LogP contribution is -2.63. The zero-order valence-electron chi connectivity index (χ0n) is 22.3. The number of methoxy groups -OCH3 is 1. The van der Waals surface area contributed by atoms with Crippen LogP contribution in [0.2, 0.25) is 0 Å². The Balaban J connectivity index is 1.53. The Morgan fingerprint density at radius 1 is 1.21 bits per heavy atom. The lowest BCUT2D eigenvalue weighted by molar-refractivity contribution is -0.306. The van der Waals surface area contributed by atoms with Crippen molar-refractivity contribution in [1.82, 2.24) is 4.90 Å². The van der Waals surface area contributed by atoms with Gasteiger partial charge in [0.15, 0.2) is 0 Å². The largest absolute Gasteiger partial charge is 0.506 e. The van der Waals surface area contributed by atoms with Gasteiger partial charge >= 0.3 is 5.63 Å². The van der Waals surface area contributed by atoms with E-state index in [-0.39, 0.29) is 33.7 Å². The Morgan fingerprint density at radius 3 is 2.61 bits per heavy atom. The molecule has 3 N–H and O–H groups in total. The highest BCUT2D eigenvalue weighted by atomic mass is 16.7. The summed E-state index contributed by atoms with van der Waals surface area (Å²) >= 11 is 0. The number of ether oxygens (including phenoxy) is 4. The molecule has 0 radical (unpaired) electrons. The summed E-state index contributed by atoms with van der Waals surface area (Å²) in [5.41, 5.74) is -1.16. The quantitative estimate of drug-likeness (QED) is 0.193. The monoisotopic (exact) mass is 536 g/mol. The zero-order valence-corrected chi connectivity index (χ0v) is 22.3. The summed E-state index contributed by atoms with van der Waals surface area (Å²) in [6.07, 6.45) is -4.63. The predicted octanol–water partition coefficient (Wildman–Crippen LogP) is 1.13. The van der Waals surface area contributed by atoms with Crippen LogP contribution in [-0.4, -0.2) is 103 Å². The summed E-state index contributed by atoms with van der Waals surface area (Å²) in [6, 6.07) is 3.09. The number of benzene rings is 1. The van der Waals surface area contributed by atoms with Crippen molar-refractivity contribution in [2.75, 3.05) is 46.6 Å². The molecule has 0 spiro atoms. The molecule has 4 rings (SSSR count). The molecule has 0 unspecified atom stereocenters. The molecule has 12 heteroatoms. The Kier molecular flexibility index (Phi) is 8.60. The fourth-order valence-electron chi connectivity index (χ4n) is 4.83. The molecule has 0 bridgehead atoms. The van der Waals surface area contributed by atoms with Crippen LogP contribution in [0.15, 0.2) is 26.5 Å². The van der Waals surface area contributed by atoms with E-state index in [1.165, 1.54) is 13.2 Å². The van der Waals surface area contributed by atoms with Crippen LogP contribution in [0, 0.1) is 6.92 Å². The number of morpholine rings is 1. The maximum Gasteiger partial charge on any atom is 0.349 e. The molecule has 38 heavy (non-hydrogen) atoms. The summed E-state index contributed by atoms with van der Waals surface area (Å²) < 4.78 is 27.9. The number of aryl methyl sites for hydroxylation is 1. The first-order chi connectivity index (χ1) is 18.0. The first-order valence-electron chi connectivity index (χ1n) is 12.5. The van der Waals surface area contributed by atoms with Gasteiger partial charge in [-0.2, -0.15) is 0 Å². The summed E-state index contributed by atoms with van der Waals surface area (Å²) in [5, 5.41) is 36.3. The Labute approximate surface area is 220 Å². The molecule has 210 valence electrons. The third-order valence-corrected chi connectivity index (χ3v) is 6.95. The zero-order chi connectivity index (χ0) is 27.6. The molecule has 1 aromatic heterocycles. The Bertz CT molecular complexity index is 1220. The van der Waals surface area contributed by atoms with E-state index in [0.29, 0.717) is 31.9 Å².